The van der Waals surface area contributed by atoms with Crippen LogP contribution in [-0.2, 0) is 53.1 Å². The summed E-state index contributed by atoms with van der Waals surface area (Å²) in [7, 11) is 2.98. The van der Waals surface area contributed by atoms with Crippen molar-refractivity contribution >= 4 is 75.7 Å². The molecular weight excluding hydrogens is 1300 g/mol. The molecule has 23 nitrogen and oxygen atoms in total. The molecule has 7 amide bonds. The number of Topliss-reactive ketones (excluding diaryl/α,β-unsaturated/α-hetero) is 2. The predicted molar refractivity (Wildman–Crippen MR) is 378 cm³/mol. The normalized spacial score (nSPS) is 17.9. The molecule has 6 aromatic rings. The summed E-state index contributed by atoms with van der Waals surface area (Å²) in [5, 5.41) is 20.2. The zero-order valence-electron chi connectivity index (χ0n) is 58.1. The summed E-state index contributed by atoms with van der Waals surface area (Å²) in [5.41, 5.74) is 8.42. The molecule has 0 bridgehead atoms. The molecule has 6 heterocycles. The number of aryl methyl sites for hydroxylation is 2. The monoisotopic (exact) mass is 1380 g/mol. The Morgan fingerprint density at radius 2 is 1.43 bits per heavy atom. The zero-order chi connectivity index (χ0) is 71.9. The summed E-state index contributed by atoms with van der Waals surface area (Å²) in [6, 6.07) is 30.3. The van der Waals surface area contributed by atoms with Gasteiger partial charge in [-0.1, -0.05) is 74.2 Å². The molecule has 5 aliphatic heterocycles. The smallest absolute Gasteiger partial charge is 0.416 e. The number of aliphatic hydroxyl groups excluding tert-OH is 1. The van der Waals surface area contributed by atoms with Crippen LogP contribution in [0.5, 0.6) is 23.0 Å². The molecule has 1 saturated carbocycles. The number of carbonyl (C=O) groups excluding carboxylic acids is 9. The average molecular weight is 1390 g/mol. The molecule has 4 N–H and O–H groups in total. The van der Waals surface area contributed by atoms with E-state index < -0.39 is 53.8 Å². The quantitative estimate of drug-likeness (QED) is 0.0290. The minimum atomic E-state index is -1.49. The molecular formula is C79H84N8O15. The van der Waals surface area contributed by atoms with Gasteiger partial charge in [-0.2, -0.15) is 0 Å². The van der Waals surface area contributed by atoms with E-state index in [2.05, 4.69) is 32.8 Å². The number of fused-ring (bicyclic) bond motifs is 6. The Hall–Kier alpha value is -10.9. The largest absolute Gasteiger partial charge is 0.493 e. The molecule has 23 heteroatoms. The number of para-hydroxylation sites is 1. The first-order chi connectivity index (χ1) is 49.2. The zero-order valence-corrected chi connectivity index (χ0v) is 58.1. The molecule has 2 fully saturated rings. The summed E-state index contributed by atoms with van der Waals surface area (Å²) >= 11 is 0. The van der Waals surface area contributed by atoms with Crippen molar-refractivity contribution in [1.29, 1.82) is 0 Å². The minimum absolute atomic E-state index is 0.00929. The average Bonchev–Trinajstić information content (AvgIpc) is 1.51. The van der Waals surface area contributed by atoms with Crippen molar-refractivity contribution in [2.45, 2.75) is 142 Å². The number of anilines is 3. The number of nitrogens with one attached hydrogen (secondary N) is 3. The lowest BCUT2D eigenvalue weighted by Crippen LogP contribution is -2.50. The fourth-order valence-corrected chi connectivity index (χ4v) is 13.9. The van der Waals surface area contributed by atoms with Gasteiger partial charge in [-0.3, -0.25) is 43.3 Å². The number of carbonyl (C=O) groups is 9. The van der Waals surface area contributed by atoms with Crippen molar-refractivity contribution in [3.63, 3.8) is 0 Å². The number of methoxy groups -OCH3 is 2. The van der Waals surface area contributed by atoms with Crippen molar-refractivity contribution in [3.05, 3.63) is 172 Å². The summed E-state index contributed by atoms with van der Waals surface area (Å²) in [4.78, 5) is 133. The van der Waals surface area contributed by atoms with Crippen LogP contribution in [-0.4, -0.2) is 138 Å². The highest BCUT2D eigenvalue weighted by Gasteiger charge is 2.58. The van der Waals surface area contributed by atoms with E-state index in [1.54, 1.807) is 54.0 Å². The second kappa shape index (κ2) is 30.9. The first-order valence-electron chi connectivity index (χ1n) is 34.8. The van der Waals surface area contributed by atoms with Crippen LogP contribution >= 0.6 is 0 Å². The van der Waals surface area contributed by atoms with Gasteiger partial charge in [0, 0.05) is 104 Å². The number of ether oxygens (including phenoxy) is 5. The van der Waals surface area contributed by atoms with Gasteiger partial charge in [0.15, 0.2) is 35.0 Å². The molecule has 12 rings (SSSR count). The predicted octanol–water partition coefficient (Wildman–Crippen LogP) is 9.79. The third kappa shape index (κ3) is 16.0. The number of aliphatic hydroxyl groups is 1. The Balaban J connectivity index is 0.605. The van der Waals surface area contributed by atoms with Gasteiger partial charge in [-0.25, -0.2) is 9.69 Å². The molecule has 1 aromatic heterocycles. The van der Waals surface area contributed by atoms with Crippen LogP contribution in [0.3, 0.4) is 0 Å². The molecule has 1 spiro atoms. The maximum Gasteiger partial charge on any atom is 0.416 e. The number of pyridine rings is 1. The van der Waals surface area contributed by atoms with Crippen molar-refractivity contribution in [1.82, 2.24) is 25.4 Å². The summed E-state index contributed by atoms with van der Waals surface area (Å²) < 4.78 is 30.0. The third-order valence-electron chi connectivity index (χ3n) is 20.0. The minimum Gasteiger partial charge on any atom is -0.493 e. The van der Waals surface area contributed by atoms with Crippen molar-refractivity contribution in [3.8, 4) is 34.8 Å². The lowest BCUT2D eigenvalue weighted by Gasteiger charge is -2.31. The van der Waals surface area contributed by atoms with E-state index in [0.717, 1.165) is 64.1 Å². The molecule has 102 heavy (non-hydrogen) atoms. The fraction of sp³-hybridized carbons (Fsp3) is 0.392. The topological polar surface area (TPSA) is 282 Å². The van der Waals surface area contributed by atoms with E-state index >= 15 is 0 Å². The summed E-state index contributed by atoms with van der Waals surface area (Å²) in [6.45, 7) is 7.37. The van der Waals surface area contributed by atoms with Gasteiger partial charge >= 0.3 is 6.09 Å². The first kappa shape index (κ1) is 71.0. The number of ketones is 2. The van der Waals surface area contributed by atoms with Crippen LogP contribution < -0.4 is 44.7 Å². The van der Waals surface area contributed by atoms with Gasteiger partial charge in [0.2, 0.25) is 23.6 Å². The van der Waals surface area contributed by atoms with E-state index in [0.29, 0.717) is 65.4 Å². The van der Waals surface area contributed by atoms with Gasteiger partial charge in [0.05, 0.1) is 63.5 Å². The molecule has 530 valence electrons. The molecule has 5 aromatic carbocycles. The second-order valence-electron chi connectivity index (χ2n) is 27.5. The summed E-state index contributed by atoms with van der Waals surface area (Å²) in [5.74, 6) is 3.47. The number of amides is 7. The van der Waals surface area contributed by atoms with Gasteiger partial charge in [0.1, 0.15) is 18.4 Å². The van der Waals surface area contributed by atoms with E-state index in [1.165, 1.54) is 33.3 Å². The van der Waals surface area contributed by atoms with Gasteiger partial charge in [-0.05, 0) is 146 Å². The SMILES string of the molecule is COc1cc2c(cc1OCCCOc1cc3c(cc1OC)C(=O)N1CC4(CC4)C[C@H]1C(O)N3C(=O)OCc1ccc(NC(=O)[C@H](C)NC(=O)[C@@H](CC(=O)CNC(=O)CCC(=O)CCC(=O)N3Cc4ccccc4C#Cc4ccccc43)C(C)C)cc1)CC[C@@H]1CC(c3ccc(C)nc3)=CN1C2=O. The molecule has 1 unspecified atom stereocenters. The first-order valence-corrected chi connectivity index (χ1v) is 34.8. The molecule has 6 aliphatic rings. The Morgan fingerprint density at radius 1 is 0.735 bits per heavy atom. The van der Waals surface area contributed by atoms with Crippen LogP contribution in [0.15, 0.2) is 122 Å². The van der Waals surface area contributed by atoms with Crippen LogP contribution in [0.25, 0.3) is 5.57 Å². The Labute approximate surface area is 592 Å². The van der Waals surface area contributed by atoms with Crippen LogP contribution in [0.4, 0.5) is 21.9 Å². The lowest BCUT2D eigenvalue weighted by atomic mass is 9.89. The second-order valence-corrected chi connectivity index (χ2v) is 27.5. The highest BCUT2D eigenvalue weighted by molar-refractivity contribution is 6.06. The molecule has 1 aliphatic carbocycles. The van der Waals surface area contributed by atoms with Crippen molar-refractivity contribution in [2.24, 2.45) is 17.3 Å². The highest BCUT2D eigenvalue weighted by Crippen LogP contribution is 2.57. The number of hydrogen-bond acceptors (Lipinski definition) is 16. The fourth-order valence-electron chi connectivity index (χ4n) is 13.9. The van der Waals surface area contributed by atoms with E-state index in [9.17, 15) is 48.3 Å². The molecule has 5 atom stereocenters. The Bertz CT molecular complexity index is 4360. The van der Waals surface area contributed by atoms with E-state index in [4.69, 9.17) is 23.7 Å². The maximum atomic E-state index is 14.5. The van der Waals surface area contributed by atoms with Crippen molar-refractivity contribution < 1.29 is 71.9 Å². The number of aromatic nitrogens is 1. The van der Waals surface area contributed by atoms with Crippen LogP contribution in [0, 0.1) is 36.0 Å². The number of nitrogens with zero attached hydrogens (tertiary/aromatic N) is 5. The Kier molecular flexibility index (Phi) is 21.5. The van der Waals surface area contributed by atoms with E-state index in [-0.39, 0.29) is 129 Å². The Morgan fingerprint density at radius 3 is 2.15 bits per heavy atom. The number of benzene rings is 5. The maximum absolute atomic E-state index is 14.5. The van der Waals surface area contributed by atoms with Crippen LogP contribution in [0.1, 0.15) is 151 Å². The lowest BCUT2D eigenvalue weighted by molar-refractivity contribution is -0.133. The highest BCUT2D eigenvalue weighted by atomic mass is 16.6. The number of rotatable bonds is 26. The van der Waals surface area contributed by atoms with E-state index in [1.807, 2.05) is 91.0 Å². The van der Waals surface area contributed by atoms with Gasteiger partial charge in [-0.15, -0.1) is 0 Å². The standard InChI is InChI=1S/C79H84N8O15/c1-47(2)61(36-60(89)42-81-71(90)28-26-59(88)27-29-72(91)85-43-55-14-8-7-12-51(55)20-21-52-13-9-10-15-64(52)85)74(93)82-49(4)73(92)83-57-23-17-50(18-24-57)45-102-78(97)87-65-39-70(68(99-6)38-63(65)76(95)86-46-79(30-31-79)40-66(86)77(87)96)101-33-11-32-100-69-35-53-22-25-58-34-56(54-19-16-48(3)80-41-54)44-84(58)75(94)62(53)37-67(69)98-5/h7-10,12-19,23-24,35,37-39,41,44,47,49,58,61,66,77,96H,11,22,25-34,36,40,42-43,45-46H2,1-6H3,(H,81,90)(H,82,93)(H,83,92)/t49-,58+,61-,66-,77?/m0/s1. The molecule has 1 saturated heterocycles. The van der Waals surface area contributed by atoms with Gasteiger partial charge < -0.3 is 59.4 Å². The summed E-state index contributed by atoms with van der Waals surface area (Å²) in [6.07, 6.45) is 5.50. The van der Waals surface area contributed by atoms with Crippen molar-refractivity contribution in [2.75, 3.05) is 55.6 Å². The number of hydrogen-bond donors (Lipinski definition) is 4. The van der Waals surface area contributed by atoms with Crippen LogP contribution in [0.2, 0.25) is 0 Å². The third-order valence-corrected chi connectivity index (χ3v) is 20.0. The molecule has 0 radical (unpaired) electrons. The van der Waals surface area contributed by atoms with Gasteiger partial charge in [0.25, 0.3) is 11.8 Å².